The van der Waals surface area contributed by atoms with Crippen LogP contribution in [0, 0.1) is 12.7 Å². The number of aryl methyl sites for hydroxylation is 1. The SMILES string of the molecule is Cc1cc(F)c(Br)c2c(Cl)cc(C(=O)O)nc12. The first kappa shape index (κ1) is 12.3. The van der Waals surface area contributed by atoms with Gasteiger partial charge in [-0.05, 0) is 40.5 Å². The molecule has 0 radical (unpaired) electrons. The maximum atomic E-state index is 13.5. The fraction of sp³-hybridized carbons (Fsp3) is 0.0909. The molecule has 0 aliphatic rings. The minimum atomic E-state index is -1.17. The molecular formula is C11H6BrClFNO2. The lowest BCUT2D eigenvalue weighted by Gasteiger charge is -2.08. The minimum Gasteiger partial charge on any atom is -0.477 e. The number of nitrogens with zero attached hydrogens (tertiary/aromatic N) is 1. The van der Waals surface area contributed by atoms with Crippen LogP contribution < -0.4 is 0 Å². The number of halogens is 3. The molecule has 1 heterocycles. The molecule has 0 fully saturated rings. The molecule has 1 aromatic carbocycles. The number of carbonyl (C=O) groups is 1. The standard InChI is InChI=1S/C11H6BrClFNO2/c1-4-2-6(14)9(12)8-5(13)3-7(11(16)17)15-10(4)8/h2-3H,1H3,(H,16,17). The van der Waals surface area contributed by atoms with Crippen LogP contribution in [0.2, 0.25) is 5.02 Å². The van der Waals surface area contributed by atoms with E-state index in [1.165, 1.54) is 12.1 Å². The molecule has 2 rings (SSSR count). The molecule has 0 spiro atoms. The monoisotopic (exact) mass is 317 g/mol. The van der Waals surface area contributed by atoms with Crippen LogP contribution in [0.1, 0.15) is 16.1 Å². The molecule has 2 aromatic rings. The summed E-state index contributed by atoms with van der Waals surface area (Å²) in [5.74, 6) is -1.63. The quantitative estimate of drug-likeness (QED) is 0.870. The first-order chi connectivity index (χ1) is 7.91. The van der Waals surface area contributed by atoms with Crippen molar-refractivity contribution in [2.24, 2.45) is 0 Å². The number of carboxylic acid groups (broad SMARTS) is 1. The molecular weight excluding hydrogens is 312 g/mol. The lowest BCUT2D eigenvalue weighted by atomic mass is 10.1. The van der Waals surface area contributed by atoms with Gasteiger partial charge in [-0.15, -0.1) is 0 Å². The van der Waals surface area contributed by atoms with E-state index in [9.17, 15) is 9.18 Å². The van der Waals surface area contributed by atoms with Gasteiger partial charge >= 0.3 is 5.97 Å². The van der Waals surface area contributed by atoms with Crippen LogP contribution >= 0.6 is 27.5 Å². The van der Waals surface area contributed by atoms with E-state index in [0.717, 1.165) is 0 Å². The molecule has 0 unspecified atom stereocenters. The molecule has 88 valence electrons. The topological polar surface area (TPSA) is 50.2 Å². The average Bonchev–Trinajstić information content (AvgIpc) is 2.25. The molecule has 0 aliphatic heterocycles. The van der Waals surface area contributed by atoms with E-state index >= 15 is 0 Å². The van der Waals surface area contributed by atoms with Crippen LogP contribution in [-0.4, -0.2) is 16.1 Å². The van der Waals surface area contributed by atoms with Crippen molar-refractivity contribution in [2.75, 3.05) is 0 Å². The Kier molecular flexibility index (Phi) is 3.05. The Labute approximate surface area is 109 Å². The van der Waals surface area contributed by atoms with Gasteiger partial charge in [-0.1, -0.05) is 11.6 Å². The fourth-order valence-corrected chi connectivity index (χ4v) is 2.48. The van der Waals surface area contributed by atoms with Gasteiger partial charge in [0.25, 0.3) is 0 Å². The van der Waals surface area contributed by atoms with Crippen molar-refractivity contribution in [1.82, 2.24) is 4.98 Å². The molecule has 0 aliphatic carbocycles. The summed E-state index contributed by atoms with van der Waals surface area (Å²) in [6, 6.07) is 2.48. The largest absolute Gasteiger partial charge is 0.477 e. The van der Waals surface area contributed by atoms with E-state index in [4.69, 9.17) is 16.7 Å². The second-order valence-corrected chi connectivity index (χ2v) is 4.71. The van der Waals surface area contributed by atoms with Crippen LogP contribution in [-0.2, 0) is 0 Å². The summed E-state index contributed by atoms with van der Waals surface area (Å²) in [7, 11) is 0. The van der Waals surface area contributed by atoms with Gasteiger partial charge in [-0.3, -0.25) is 0 Å². The second kappa shape index (κ2) is 4.23. The zero-order valence-electron chi connectivity index (χ0n) is 8.59. The van der Waals surface area contributed by atoms with Crippen LogP contribution in [0.25, 0.3) is 10.9 Å². The Balaban J connectivity index is 2.95. The third-order valence-corrected chi connectivity index (χ3v) is 3.41. The molecule has 6 heteroatoms. The Morgan fingerprint density at radius 2 is 2.18 bits per heavy atom. The number of hydrogen-bond acceptors (Lipinski definition) is 2. The third kappa shape index (κ3) is 2.00. The second-order valence-electron chi connectivity index (χ2n) is 3.51. The Bertz CT molecular complexity index is 645. The maximum absolute atomic E-state index is 13.5. The highest BCUT2D eigenvalue weighted by molar-refractivity contribution is 9.10. The highest BCUT2D eigenvalue weighted by Gasteiger charge is 2.16. The molecule has 0 atom stereocenters. The van der Waals surface area contributed by atoms with Gasteiger partial charge in [0.1, 0.15) is 11.5 Å². The molecule has 17 heavy (non-hydrogen) atoms. The normalized spacial score (nSPS) is 10.8. The van der Waals surface area contributed by atoms with Crippen molar-refractivity contribution in [2.45, 2.75) is 6.92 Å². The van der Waals surface area contributed by atoms with Crippen LogP contribution in [0.5, 0.6) is 0 Å². The van der Waals surface area contributed by atoms with Crippen LogP contribution in [0.3, 0.4) is 0 Å². The predicted octanol–water partition coefficient (Wildman–Crippen LogP) is 3.80. The first-order valence-electron chi connectivity index (χ1n) is 4.60. The van der Waals surface area contributed by atoms with Gasteiger partial charge in [-0.25, -0.2) is 14.2 Å². The van der Waals surface area contributed by atoms with Crippen molar-refractivity contribution >= 4 is 44.4 Å². The van der Waals surface area contributed by atoms with Crippen molar-refractivity contribution in [1.29, 1.82) is 0 Å². The van der Waals surface area contributed by atoms with Gasteiger partial charge in [0.2, 0.25) is 0 Å². The van der Waals surface area contributed by atoms with Crippen molar-refractivity contribution in [3.63, 3.8) is 0 Å². The highest BCUT2D eigenvalue weighted by atomic mass is 79.9. The molecule has 1 aromatic heterocycles. The number of rotatable bonds is 1. The van der Waals surface area contributed by atoms with Crippen molar-refractivity contribution in [3.05, 3.63) is 38.7 Å². The highest BCUT2D eigenvalue weighted by Crippen LogP contribution is 2.34. The van der Waals surface area contributed by atoms with Gasteiger partial charge in [-0.2, -0.15) is 0 Å². The molecule has 1 N–H and O–H groups in total. The Morgan fingerprint density at radius 3 is 2.76 bits per heavy atom. The predicted molar refractivity (Wildman–Crippen MR) is 66.1 cm³/mol. The number of benzene rings is 1. The molecule has 3 nitrogen and oxygen atoms in total. The number of carboxylic acids is 1. The first-order valence-corrected chi connectivity index (χ1v) is 5.77. The summed E-state index contributed by atoms with van der Waals surface area (Å²) in [6.45, 7) is 1.65. The number of aromatic nitrogens is 1. The van der Waals surface area contributed by atoms with Crippen LogP contribution in [0.15, 0.2) is 16.6 Å². The van der Waals surface area contributed by atoms with E-state index in [2.05, 4.69) is 20.9 Å². The van der Waals surface area contributed by atoms with E-state index in [1.807, 2.05) is 0 Å². The fourth-order valence-electron chi connectivity index (χ4n) is 1.56. The lowest BCUT2D eigenvalue weighted by Crippen LogP contribution is -2.02. The summed E-state index contributed by atoms with van der Waals surface area (Å²) in [6.07, 6.45) is 0. The van der Waals surface area contributed by atoms with Gasteiger partial charge in [0.15, 0.2) is 0 Å². The molecule has 0 amide bonds. The van der Waals surface area contributed by atoms with E-state index < -0.39 is 11.8 Å². The van der Waals surface area contributed by atoms with E-state index in [1.54, 1.807) is 6.92 Å². The lowest BCUT2D eigenvalue weighted by molar-refractivity contribution is 0.0691. The summed E-state index contributed by atoms with van der Waals surface area (Å²) in [5, 5.41) is 9.41. The molecule has 0 saturated heterocycles. The maximum Gasteiger partial charge on any atom is 0.354 e. The van der Waals surface area contributed by atoms with Crippen LogP contribution in [0.4, 0.5) is 4.39 Å². The van der Waals surface area contributed by atoms with Gasteiger partial charge in [0.05, 0.1) is 15.0 Å². The summed E-state index contributed by atoms with van der Waals surface area (Å²) in [5.41, 5.74) is 0.748. The minimum absolute atomic E-state index is 0.155. The molecule has 0 bridgehead atoms. The molecule has 0 saturated carbocycles. The average molecular weight is 319 g/mol. The van der Waals surface area contributed by atoms with Gasteiger partial charge < -0.3 is 5.11 Å². The summed E-state index contributed by atoms with van der Waals surface area (Å²) >= 11 is 9.04. The Morgan fingerprint density at radius 1 is 1.53 bits per heavy atom. The van der Waals surface area contributed by atoms with Crippen molar-refractivity contribution in [3.8, 4) is 0 Å². The summed E-state index contributed by atoms with van der Waals surface area (Å²) in [4.78, 5) is 14.8. The smallest absolute Gasteiger partial charge is 0.354 e. The van der Waals surface area contributed by atoms with Gasteiger partial charge in [0, 0.05) is 5.39 Å². The summed E-state index contributed by atoms with van der Waals surface area (Å²) < 4.78 is 13.7. The number of fused-ring (bicyclic) bond motifs is 1. The van der Waals surface area contributed by atoms with E-state index in [-0.39, 0.29) is 15.2 Å². The van der Waals surface area contributed by atoms with Crippen molar-refractivity contribution < 1.29 is 14.3 Å². The number of hydrogen-bond donors (Lipinski definition) is 1. The van der Waals surface area contributed by atoms with E-state index in [0.29, 0.717) is 16.5 Å². The zero-order valence-corrected chi connectivity index (χ0v) is 10.9. The number of aromatic carboxylic acids is 1. The number of pyridine rings is 1. The zero-order chi connectivity index (χ0) is 12.7. The Hall–Kier alpha value is -1.20. The third-order valence-electron chi connectivity index (χ3n) is 2.34.